The molecule has 1 N–H and O–H groups in total. The molecule has 4 aromatic rings. The Labute approximate surface area is 193 Å². The number of halogens is 1. The molecule has 0 aliphatic carbocycles. The summed E-state index contributed by atoms with van der Waals surface area (Å²) in [6.45, 7) is 0.755. The van der Waals surface area contributed by atoms with Gasteiger partial charge in [0.15, 0.2) is 11.6 Å². The lowest BCUT2D eigenvalue weighted by Crippen LogP contribution is -2.29. The molecular formula is C24H20FN5O4. The topological polar surface area (TPSA) is 112 Å². The van der Waals surface area contributed by atoms with Crippen molar-refractivity contribution < 1.29 is 14.1 Å². The van der Waals surface area contributed by atoms with Crippen molar-refractivity contribution in [1.82, 2.24) is 19.9 Å². The van der Waals surface area contributed by atoms with Crippen LogP contribution in [0.15, 0.2) is 59.7 Å². The van der Waals surface area contributed by atoms with Gasteiger partial charge in [-0.2, -0.15) is 0 Å². The molecule has 1 atom stereocenters. The van der Waals surface area contributed by atoms with Crippen molar-refractivity contribution in [2.45, 2.75) is 18.9 Å². The second kappa shape index (κ2) is 8.64. The molecule has 0 spiro atoms. The highest BCUT2D eigenvalue weighted by Crippen LogP contribution is 2.33. The first-order valence-electron chi connectivity index (χ1n) is 10.7. The number of benzene rings is 2. The van der Waals surface area contributed by atoms with Crippen molar-refractivity contribution in [3.63, 3.8) is 0 Å². The first kappa shape index (κ1) is 21.7. The van der Waals surface area contributed by atoms with Gasteiger partial charge in [-0.15, -0.1) is 0 Å². The van der Waals surface area contributed by atoms with Crippen molar-refractivity contribution in [2.75, 3.05) is 13.7 Å². The lowest BCUT2D eigenvalue weighted by Gasteiger charge is -2.19. The molecule has 9 nitrogen and oxygen atoms in total. The van der Waals surface area contributed by atoms with E-state index in [1.807, 2.05) is 0 Å². The lowest BCUT2D eigenvalue weighted by molar-refractivity contribution is -0.384. The second-order valence-corrected chi connectivity index (χ2v) is 7.97. The predicted molar refractivity (Wildman–Crippen MR) is 124 cm³/mol. The van der Waals surface area contributed by atoms with Crippen LogP contribution in [0.5, 0.6) is 5.75 Å². The first-order valence-corrected chi connectivity index (χ1v) is 10.7. The highest BCUT2D eigenvalue weighted by molar-refractivity contribution is 5.95. The third-order valence-electron chi connectivity index (χ3n) is 5.93. The summed E-state index contributed by atoms with van der Waals surface area (Å²) in [5, 5.41) is 15.1. The van der Waals surface area contributed by atoms with E-state index in [1.165, 1.54) is 35.9 Å². The number of nitrogens with zero attached hydrogens (tertiary/aromatic N) is 4. The molecule has 1 aliphatic rings. The Morgan fingerprint density at radius 3 is 2.76 bits per heavy atom. The molecule has 2 aromatic carbocycles. The van der Waals surface area contributed by atoms with E-state index in [0.717, 1.165) is 19.4 Å². The summed E-state index contributed by atoms with van der Waals surface area (Å²) < 4.78 is 20.9. The number of nitro benzene ring substituents is 1. The number of ether oxygens (including phenoxy) is 1. The fourth-order valence-corrected chi connectivity index (χ4v) is 4.32. The molecule has 3 heterocycles. The standard InChI is InChI=1S/C24H20FN5O4/c1-34-21-7-6-15(12-19(21)25)29-23(20-5-3-9-27-20)28-22-17(14-4-2-8-26-13-14)10-16(30(32)33)11-18(22)24(29)31/h2,4,6-8,10-13,20,27H,3,5,9H2,1H3/t20-/m0/s1. The van der Waals surface area contributed by atoms with Gasteiger partial charge in [0.25, 0.3) is 11.2 Å². The van der Waals surface area contributed by atoms with Crippen LogP contribution in [0.1, 0.15) is 24.7 Å². The zero-order valence-electron chi connectivity index (χ0n) is 18.2. The third kappa shape index (κ3) is 3.67. The van der Waals surface area contributed by atoms with Crippen LogP contribution in [0.4, 0.5) is 10.1 Å². The molecule has 5 rings (SSSR count). The van der Waals surface area contributed by atoms with Crippen molar-refractivity contribution in [3.8, 4) is 22.6 Å². The van der Waals surface area contributed by atoms with E-state index in [4.69, 9.17) is 9.72 Å². The van der Waals surface area contributed by atoms with Crippen molar-refractivity contribution in [2.24, 2.45) is 0 Å². The van der Waals surface area contributed by atoms with Crippen molar-refractivity contribution in [1.29, 1.82) is 0 Å². The van der Waals surface area contributed by atoms with Gasteiger partial charge in [0.2, 0.25) is 0 Å². The van der Waals surface area contributed by atoms with Crippen LogP contribution in [0.2, 0.25) is 0 Å². The SMILES string of the molecule is COc1ccc(-n2c([C@@H]3CCCN3)nc3c(-c4cccnc4)cc([N+](=O)[O-])cc3c2=O)cc1F. The molecule has 0 bridgehead atoms. The molecule has 172 valence electrons. The number of non-ortho nitro benzene ring substituents is 1. The maximum absolute atomic E-state index is 14.6. The third-order valence-corrected chi connectivity index (χ3v) is 5.93. The number of hydrogen-bond donors (Lipinski definition) is 1. The summed E-state index contributed by atoms with van der Waals surface area (Å²) >= 11 is 0. The van der Waals surface area contributed by atoms with E-state index in [-0.39, 0.29) is 28.6 Å². The smallest absolute Gasteiger partial charge is 0.271 e. The molecule has 0 unspecified atom stereocenters. The van der Waals surface area contributed by atoms with Gasteiger partial charge in [0.1, 0.15) is 5.82 Å². The number of aromatic nitrogens is 3. The number of methoxy groups -OCH3 is 1. The van der Waals surface area contributed by atoms with Crippen LogP contribution in [0.3, 0.4) is 0 Å². The molecule has 34 heavy (non-hydrogen) atoms. The number of hydrogen-bond acceptors (Lipinski definition) is 7. The van der Waals surface area contributed by atoms with Gasteiger partial charge in [-0.1, -0.05) is 6.07 Å². The molecule has 1 aliphatic heterocycles. The minimum absolute atomic E-state index is 0.0422. The summed E-state index contributed by atoms with van der Waals surface area (Å²) in [4.78, 5) is 33.9. The van der Waals surface area contributed by atoms with Gasteiger partial charge < -0.3 is 10.1 Å². The number of nitro groups is 1. The fraction of sp³-hybridized carbons (Fsp3) is 0.208. The average Bonchev–Trinajstić information content (AvgIpc) is 3.39. The summed E-state index contributed by atoms with van der Waals surface area (Å²) in [6, 6.07) is 10.0. The summed E-state index contributed by atoms with van der Waals surface area (Å²) in [5.74, 6) is -0.174. The summed E-state index contributed by atoms with van der Waals surface area (Å²) in [7, 11) is 1.36. The van der Waals surface area contributed by atoms with E-state index < -0.39 is 16.3 Å². The Hall–Kier alpha value is -4.18. The maximum Gasteiger partial charge on any atom is 0.271 e. The Bertz CT molecular complexity index is 1470. The summed E-state index contributed by atoms with van der Waals surface area (Å²) in [6.07, 6.45) is 4.80. The highest BCUT2D eigenvalue weighted by atomic mass is 19.1. The zero-order chi connectivity index (χ0) is 23.8. The van der Waals surface area contributed by atoms with Crippen LogP contribution in [-0.4, -0.2) is 33.1 Å². The van der Waals surface area contributed by atoms with E-state index in [2.05, 4.69) is 10.3 Å². The number of pyridine rings is 1. The molecule has 2 aromatic heterocycles. The Kier molecular flexibility index (Phi) is 5.50. The minimum Gasteiger partial charge on any atom is -0.494 e. The lowest BCUT2D eigenvalue weighted by atomic mass is 10.0. The van der Waals surface area contributed by atoms with E-state index in [1.54, 1.807) is 30.6 Å². The average molecular weight is 461 g/mol. The maximum atomic E-state index is 14.6. The van der Waals surface area contributed by atoms with Crippen LogP contribution < -0.4 is 15.6 Å². The van der Waals surface area contributed by atoms with Gasteiger partial charge in [0, 0.05) is 41.7 Å². The molecule has 0 amide bonds. The fourth-order valence-electron chi connectivity index (χ4n) is 4.32. The Morgan fingerprint density at radius 2 is 2.12 bits per heavy atom. The summed E-state index contributed by atoms with van der Waals surface area (Å²) in [5.41, 5.74) is 0.855. The van der Waals surface area contributed by atoms with Gasteiger partial charge >= 0.3 is 0 Å². The van der Waals surface area contributed by atoms with E-state index in [9.17, 15) is 19.3 Å². The molecular weight excluding hydrogens is 441 g/mol. The van der Waals surface area contributed by atoms with Gasteiger partial charge in [-0.3, -0.25) is 24.5 Å². The first-order chi connectivity index (χ1) is 16.5. The second-order valence-electron chi connectivity index (χ2n) is 7.97. The Morgan fingerprint density at radius 1 is 1.26 bits per heavy atom. The normalized spacial score (nSPS) is 15.5. The monoisotopic (exact) mass is 461 g/mol. The molecule has 10 heteroatoms. The number of fused-ring (bicyclic) bond motifs is 1. The van der Waals surface area contributed by atoms with Gasteiger partial charge in [-0.05, 0) is 37.6 Å². The van der Waals surface area contributed by atoms with E-state index >= 15 is 0 Å². The van der Waals surface area contributed by atoms with Crippen molar-refractivity contribution in [3.05, 3.63) is 87.0 Å². The van der Waals surface area contributed by atoms with Crippen LogP contribution in [-0.2, 0) is 0 Å². The van der Waals surface area contributed by atoms with Gasteiger partial charge in [-0.25, -0.2) is 9.37 Å². The van der Waals surface area contributed by atoms with Crippen LogP contribution in [0.25, 0.3) is 27.7 Å². The minimum atomic E-state index is -0.632. The number of rotatable bonds is 5. The molecule has 0 saturated carbocycles. The van der Waals surface area contributed by atoms with Crippen LogP contribution >= 0.6 is 0 Å². The van der Waals surface area contributed by atoms with Gasteiger partial charge in [0.05, 0.1) is 34.7 Å². The quantitative estimate of drug-likeness (QED) is 0.354. The van der Waals surface area contributed by atoms with E-state index in [0.29, 0.717) is 22.5 Å². The Balaban J connectivity index is 1.87. The molecule has 1 fully saturated rings. The largest absolute Gasteiger partial charge is 0.494 e. The highest BCUT2D eigenvalue weighted by Gasteiger charge is 2.26. The van der Waals surface area contributed by atoms with Crippen LogP contribution in [0, 0.1) is 15.9 Å². The molecule has 0 radical (unpaired) electrons. The number of nitrogens with one attached hydrogen (secondary N) is 1. The molecule has 1 saturated heterocycles. The predicted octanol–water partition coefficient (Wildman–Crippen LogP) is 3.93. The van der Waals surface area contributed by atoms with Crippen molar-refractivity contribution >= 4 is 16.6 Å². The zero-order valence-corrected chi connectivity index (χ0v) is 18.2.